The van der Waals surface area contributed by atoms with Gasteiger partial charge in [0.1, 0.15) is 0 Å². The maximum Gasteiger partial charge on any atom is 0.193 e. The predicted octanol–water partition coefficient (Wildman–Crippen LogP) is 3.28. The molecule has 1 fully saturated rings. The van der Waals surface area contributed by atoms with Crippen LogP contribution in [0.5, 0.6) is 0 Å². The Morgan fingerprint density at radius 2 is 2.00 bits per heavy atom. The zero-order valence-corrected chi connectivity index (χ0v) is 16.7. The number of rotatable bonds is 3. The van der Waals surface area contributed by atoms with Gasteiger partial charge in [0.15, 0.2) is 5.96 Å². The molecular formula is C21H31N5. The van der Waals surface area contributed by atoms with Gasteiger partial charge in [-0.15, -0.1) is 0 Å². The molecule has 1 aliphatic rings. The molecule has 1 N–H and O–H groups in total. The third kappa shape index (κ3) is 4.26. The summed E-state index contributed by atoms with van der Waals surface area (Å²) in [4.78, 5) is 6.83. The molecule has 0 amide bonds. The average Bonchev–Trinajstić information content (AvgIpc) is 3.24. The smallest absolute Gasteiger partial charge is 0.193 e. The summed E-state index contributed by atoms with van der Waals surface area (Å²) in [6.07, 6.45) is 5.26. The van der Waals surface area contributed by atoms with Gasteiger partial charge >= 0.3 is 0 Å². The molecule has 0 bridgehead atoms. The molecule has 26 heavy (non-hydrogen) atoms. The van der Waals surface area contributed by atoms with E-state index in [-0.39, 0.29) is 5.41 Å². The minimum absolute atomic E-state index is 0.193. The van der Waals surface area contributed by atoms with Crippen LogP contribution in [0.15, 0.2) is 41.7 Å². The Balaban J connectivity index is 1.57. The number of aromatic nitrogens is 2. The Labute approximate surface area is 157 Å². The second kappa shape index (κ2) is 7.52. The van der Waals surface area contributed by atoms with Crippen molar-refractivity contribution >= 4 is 5.96 Å². The first-order chi connectivity index (χ1) is 12.4. The maximum absolute atomic E-state index is 4.49. The fraction of sp³-hybridized carbons (Fsp3) is 0.524. The van der Waals surface area contributed by atoms with E-state index in [4.69, 9.17) is 0 Å². The minimum atomic E-state index is 0.193. The number of nitrogens with one attached hydrogen (secondary N) is 1. The van der Waals surface area contributed by atoms with Crippen LogP contribution in [0.25, 0.3) is 0 Å². The molecule has 1 aliphatic heterocycles. The van der Waals surface area contributed by atoms with Crippen molar-refractivity contribution in [1.29, 1.82) is 0 Å². The summed E-state index contributed by atoms with van der Waals surface area (Å²) in [6.45, 7) is 9.55. The first-order valence-electron chi connectivity index (χ1n) is 9.40. The van der Waals surface area contributed by atoms with E-state index in [2.05, 4.69) is 71.5 Å². The van der Waals surface area contributed by atoms with E-state index >= 15 is 0 Å². The summed E-state index contributed by atoms with van der Waals surface area (Å²) >= 11 is 0. The molecule has 0 radical (unpaired) electrons. The number of likely N-dealkylation sites (tertiary alicyclic amines) is 1. The molecule has 1 unspecified atom stereocenters. The summed E-state index contributed by atoms with van der Waals surface area (Å²) in [5.41, 5.74) is 4.16. The quantitative estimate of drug-likeness (QED) is 0.680. The second-order valence-corrected chi connectivity index (χ2v) is 8.23. The van der Waals surface area contributed by atoms with E-state index in [1.807, 2.05) is 25.0 Å². The second-order valence-electron chi connectivity index (χ2n) is 8.23. The summed E-state index contributed by atoms with van der Waals surface area (Å²) in [6, 6.07) is 8.88. The molecule has 1 atom stereocenters. The zero-order chi connectivity index (χ0) is 18.7. The lowest BCUT2D eigenvalue weighted by atomic mass is 9.87. The molecule has 3 rings (SSSR count). The number of aryl methyl sites for hydroxylation is 1. The summed E-state index contributed by atoms with van der Waals surface area (Å²) in [5, 5.41) is 7.82. The van der Waals surface area contributed by atoms with Gasteiger partial charge in [0.2, 0.25) is 0 Å². The molecule has 140 valence electrons. The largest absolute Gasteiger partial charge is 0.352 e. The highest BCUT2D eigenvalue weighted by Crippen LogP contribution is 2.27. The Bertz CT molecular complexity index is 751. The lowest BCUT2D eigenvalue weighted by molar-refractivity contribution is 0.486. The lowest BCUT2D eigenvalue weighted by Gasteiger charge is -2.22. The summed E-state index contributed by atoms with van der Waals surface area (Å²) in [5.74, 6) is 1.52. The van der Waals surface area contributed by atoms with Crippen LogP contribution >= 0.6 is 0 Å². The number of aliphatic imine (C=N–C) groups is 1. The fourth-order valence-electron chi connectivity index (χ4n) is 3.51. The van der Waals surface area contributed by atoms with Crippen LogP contribution in [0, 0.1) is 0 Å². The van der Waals surface area contributed by atoms with E-state index in [1.54, 1.807) is 0 Å². The molecule has 1 saturated heterocycles. The molecule has 5 heteroatoms. The van der Waals surface area contributed by atoms with Crippen molar-refractivity contribution in [1.82, 2.24) is 20.0 Å². The molecule has 0 aliphatic carbocycles. The maximum atomic E-state index is 4.49. The van der Waals surface area contributed by atoms with E-state index in [0.717, 1.165) is 32.0 Å². The Hall–Kier alpha value is -2.30. The van der Waals surface area contributed by atoms with Crippen LogP contribution in [-0.4, -0.2) is 40.8 Å². The van der Waals surface area contributed by atoms with Crippen molar-refractivity contribution in [2.24, 2.45) is 12.0 Å². The van der Waals surface area contributed by atoms with Gasteiger partial charge in [-0.05, 0) is 28.5 Å². The Morgan fingerprint density at radius 1 is 1.27 bits per heavy atom. The van der Waals surface area contributed by atoms with Gasteiger partial charge in [0, 0.05) is 45.8 Å². The van der Waals surface area contributed by atoms with Gasteiger partial charge in [-0.25, -0.2) is 0 Å². The number of benzene rings is 1. The van der Waals surface area contributed by atoms with Crippen molar-refractivity contribution in [2.45, 2.75) is 45.1 Å². The van der Waals surface area contributed by atoms with Crippen LogP contribution < -0.4 is 5.32 Å². The molecule has 0 saturated carbocycles. The van der Waals surface area contributed by atoms with Crippen LogP contribution in [0.2, 0.25) is 0 Å². The normalized spacial score (nSPS) is 18.4. The fourth-order valence-corrected chi connectivity index (χ4v) is 3.51. The van der Waals surface area contributed by atoms with E-state index in [1.165, 1.54) is 16.7 Å². The van der Waals surface area contributed by atoms with Crippen molar-refractivity contribution in [2.75, 3.05) is 20.1 Å². The lowest BCUT2D eigenvalue weighted by Crippen LogP contribution is -2.39. The van der Waals surface area contributed by atoms with Gasteiger partial charge in [-0.3, -0.25) is 9.67 Å². The SMILES string of the molecule is CN=C(NCc1ccc(C(C)(C)C)cc1)N1CCC(c2cnn(C)c2)C1. The Kier molecular flexibility index (Phi) is 5.35. The van der Waals surface area contributed by atoms with Gasteiger partial charge in [0.25, 0.3) is 0 Å². The molecular weight excluding hydrogens is 322 g/mol. The number of guanidine groups is 1. The summed E-state index contributed by atoms with van der Waals surface area (Å²) in [7, 11) is 3.84. The number of hydrogen-bond acceptors (Lipinski definition) is 2. The van der Waals surface area contributed by atoms with E-state index < -0.39 is 0 Å². The highest BCUT2D eigenvalue weighted by atomic mass is 15.3. The van der Waals surface area contributed by atoms with Gasteiger partial charge in [-0.2, -0.15) is 5.10 Å². The first-order valence-corrected chi connectivity index (χ1v) is 9.40. The van der Waals surface area contributed by atoms with Crippen molar-refractivity contribution in [3.8, 4) is 0 Å². The minimum Gasteiger partial charge on any atom is -0.352 e. The van der Waals surface area contributed by atoms with Crippen LogP contribution in [0.4, 0.5) is 0 Å². The first kappa shape index (κ1) is 18.5. The highest BCUT2D eigenvalue weighted by molar-refractivity contribution is 5.80. The topological polar surface area (TPSA) is 45.5 Å². The van der Waals surface area contributed by atoms with Gasteiger partial charge in [0.05, 0.1) is 6.20 Å². The van der Waals surface area contributed by atoms with Crippen molar-refractivity contribution in [3.63, 3.8) is 0 Å². The van der Waals surface area contributed by atoms with E-state index in [9.17, 15) is 0 Å². The molecule has 1 aromatic carbocycles. The van der Waals surface area contributed by atoms with Crippen molar-refractivity contribution in [3.05, 3.63) is 53.3 Å². The predicted molar refractivity (Wildman–Crippen MR) is 107 cm³/mol. The summed E-state index contributed by atoms with van der Waals surface area (Å²) < 4.78 is 1.88. The van der Waals surface area contributed by atoms with Gasteiger partial charge in [-0.1, -0.05) is 45.0 Å². The molecule has 5 nitrogen and oxygen atoms in total. The Morgan fingerprint density at radius 3 is 2.58 bits per heavy atom. The standard InChI is InChI=1S/C21H31N5/c1-21(2,3)19-8-6-16(7-9-19)12-23-20(22-4)26-11-10-17(15-26)18-13-24-25(5)14-18/h6-9,13-14,17H,10-12,15H2,1-5H3,(H,22,23). The van der Waals surface area contributed by atoms with Crippen LogP contribution in [0.3, 0.4) is 0 Å². The molecule has 0 spiro atoms. The third-order valence-corrected chi connectivity index (χ3v) is 5.17. The number of hydrogen-bond donors (Lipinski definition) is 1. The third-order valence-electron chi connectivity index (χ3n) is 5.17. The average molecular weight is 354 g/mol. The van der Waals surface area contributed by atoms with Crippen LogP contribution in [0.1, 0.15) is 49.8 Å². The zero-order valence-electron chi connectivity index (χ0n) is 16.7. The van der Waals surface area contributed by atoms with Crippen LogP contribution in [-0.2, 0) is 19.0 Å². The van der Waals surface area contributed by atoms with E-state index in [0.29, 0.717) is 5.92 Å². The molecule has 2 heterocycles. The highest BCUT2D eigenvalue weighted by Gasteiger charge is 2.26. The van der Waals surface area contributed by atoms with Crippen molar-refractivity contribution < 1.29 is 0 Å². The molecule has 1 aromatic heterocycles. The monoisotopic (exact) mass is 353 g/mol. The number of nitrogens with zero attached hydrogens (tertiary/aromatic N) is 4. The molecule has 2 aromatic rings. The van der Waals surface area contributed by atoms with Gasteiger partial charge < -0.3 is 10.2 Å².